The van der Waals surface area contributed by atoms with Gasteiger partial charge in [0, 0.05) is 60.1 Å². The number of benzene rings is 5. The highest BCUT2D eigenvalue weighted by atomic mass is 35.5. The fraction of sp³-hybridized carbons (Fsp3) is 0.372. The van der Waals surface area contributed by atoms with Crippen molar-refractivity contribution in [2.75, 3.05) is 110 Å². The van der Waals surface area contributed by atoms with Gasteiger partial charge in [-0.3, -0.25) is 24.0 Å². The molecule has 0 aliphatic carbocycles. The van der Waals surface area contributed by atoms with Crippen molar-refractivity contribution < 1.29 is 52.4 Å². The Bertz CT molecular complexity index is 5640. The number of nitrogens with zero attached hydrogens (tertiary/aromatic N) is 14. The summed E-state index contributed by atoms with van der Waals surface area (Å²) in [5.41, 5.74) is 19.0. The molecule has 0 spiro atoms. The molecule has 0 radical (unpaired) electrons. The molecule has 42 heteroatoms. The van der Waals surface area contributed by atoms with Crippen LogP contribution in [0.2, 0.25) is 45.6 Å². The predicted molar refractivity (Wildman–Crippen MR) is 552 cm³/mol. The van der Waals surface area contributed by atoms with Gasteiger partial charge in [-0.15, -0.1) is 0 Å². The number of nitrogens with one attached hydrogen (secondary N) is 5. The van der Waals surface area contributed by atoms with E-state index >= 15 is 0 Å². The average Bonchev–Trinajstić information content (AvgIpc) is 0.802. The molecule has 0 atom stereocenters. The lowest BCUT2D eigenvalue weighted by atomic mass is 9.95. The summed E-state index contributed by atoms with van der Waals surface area (Å²) in [6, 6.07) is 38.3. The molecule has 0 aliphatic heterocycles. The monoisotopic (exact) mass is 2050 g/mol. The number of halogens is 9. The number of aryl methyl sites for hydroxylation is 7. The maximum absolute atomic E-state index is 12.3. The zero-order valence-corrected chi connectivity index (χ0v) is 88.7. The number of amides is 3. The fourth-order valence-corrected chi connectivity index (χ4v) is 11.0. The van der Waals surface area contributed by atoms with Crippen LogP contribution in [0.5, 0.6) is 28.7 Å². The molecule has 33 nitrogen and oxygen atoms in total. The van der Waals surface area contributed by atoms with Gasteiger partial charge >= 0.3 is 11.9 Å². The Morgan fingerprint density at radius 2 is 0.551 bits per heavy atom. The number of ether oxygens (including phenoxy) is 6. The van der Waals surface area contributed by atoms with E-state index in [2.05, 4.69) is 93.3 Å². The molecule has 5 aromatic carbocycles. The molecule has 736 valence electrons. The number of nitrogen functional groups attached to an aromatic ring is 3. The Balaban J connectivity index is 0.000000400. The van der Waals surface area contributed by atoms with Crippen LogP contribution >= 0.6 is 104 Å². The smallest absolute Gasteiger partial charge is 0.318 e. The number of methoxy groups -OCH3 is 5. The van der Waals surface area contributed by atoms with Crippen LogP contribution in [-0.2, 0) is 28.7 Å². The van der Waals surface area contributed by atoms with Gasteiger partial charge in [0.25, 0.3) is 0 Å². The third-order valence-electron chi connectivity index (χ3n) is 17.4. The number of hydrogen-bond acceptors (Lipinski definition) is 30. The van der Waals surface area contributed by atoms with Gasteiger partial charge in [-0.05, 0) is 199 Å². The minimum absolute atomic E-state index is 0.137. The van der Waals surface area contributed by atoms with Gasteiger partial charge in [0.05, 0.1) is 46.4 Å². The van der Waals surface area contributed by atoms with E-state index in [9.17, 15) is 24.0 Å². The molecule has 6 heterocycles. The van der Waals surface area contributed by atoms with Gasteiger partial charge in [0.2, 0.25) is 17.7 Å². The van der Waals surface area contributed by atoms with Crippen molar-refractivity contribution >= 4 is 209 Å². The van der Waals surface area contributed by atoms with Gasteiger partial charge in [0.15, 0.2) is 50.4 Å². The lowest BCUT2D eigenvalue weighted by Gasteiger charge is -2.23. The summed E-state index contributed by atoms with van der Waals surface area (Å²) >= 11 is 53.1. The van der Waals surface area contributed by atoms with Gasteiger partial charge < -0.3 is 82.0 Å². The van der Waals surface area contributed by atoms with Crippen molar-refractivity contribution in [3.63, 3.8) is 0 Å². The van der Waals surface area contributed by atoms with Crippen molar-refractivity contribution in [2.45, 2.75) is 152 Å². The normalized spacial score (nSPS) is 10.7. The molecule has 11 rings (SSSR count). The third kappa shape index (κ3) is 39.9. The SMILES string of the molecule is CC(C)(C)C(=O)OC(=O)C(C)(C)C.CNc1ccc(OC)cc1.COc1ccc(C)cc1.COc1ccc(N(C)c2nc(C)nc(N)c2Cl)cc1.COc1ccc(N(C)c2nc(C)nc(NC(=O)C(C)(C)C)c2Cl)cc1.COc1ccc(Nc2nc(C)nc(N)c2Cl)cc1.Cc1nc(Cl)c(Cl)c(NC(=O)C(C)(C)C)n1.Cc1nc(Cl)c(Cl)c(NC(=O)C(C)(C)C)n1.Cc1nc(N)c(Cl)c(Cl)n1. The van der Waals surface area contributed by atoms with Gasteiger partial charge in [-0.1, -0.05) is 184 Å². The largest absolute Gasteiger partial charge is 0.497 e. The summed E-state index contributed by atoms with van der Waals surface area (Å²) < 4.78 is 30.0. The summed E-state index contributed by atoms with van der Waals surface area (Å²) in [6.45, 7) is 38.9. The van der Waals surface area contributed by atoms with Gasteiger partial charge in [-0.25, -0.2) is 59.8 Å². The molecule has 6 aromatic heterocycles. The molecule has 11 aromatic rings. The molecule has 136 heavy (non-hydrogen) atoms. The highest BCUT2D eigenvalue weighted by molar-refractivity contribution is 6.44. The predicted octanol–water partition coefficient (Wildman–Crippen LogP) is 23.5. The number of hydrogen-bond donors (Lipinski definition) is 8. The molecule has 11 N–H and O–H groups in total. The zero-order chi connectivity index (χ0) is 104. The quantitative estimate of drug-likeness (QED) is 0.0268. The van der Waals surface area contributed by atoms with Crippen LogP contribution in [0.1, 0.15) is 144 Å². The van der Waals surface area contributed by atoms with E-state index in [0.29, 0.717) is 73.3 Å². The second-order valence-electron chi connectivity index (χ2n) is 34.2. The number of esters is 2. The van der Waals surface area contributed by atoms with Gasteiger partial charge in [0.1, 0.15) is 111 Å². The number of anilines is 13. The lowest BCUT2D eigenvalue weighted by molar-refractivity contribution is -0.171. The maximum Gasteiger partial charge on any atom is 0.318 e. The first-order chi connectivity index (χ1) is 63.0. The van der Waals surface area contributed by atoms with Crippen molar-refractivity contribution in [2.24, 2.45) is 27.1 Å². The van der Waals surface area contributed by atoms with Crippen LogP contribution in [-0.4, -0.2) is 146 Å². The van der Waals surface area contributed by atoms with Crippen LogP contribution in [0.15, 0.2) is 121 Å². The van der Waals surface area contributed by atoms with Crippen molar-refractivity contribution in [1.82, 2.24) is 59.8 Å². The van der Waals surface area contributed by atoms with E-state index in [1.54, 1.807) is 160 Å². The maximum atomic E-state index is 12.3. The second kappa shape index (κ2) is 54.3. The summed E-state index contributed by atoms with van der Waals surface area (Å²) in [4.78, 5) is 111. The summed E-state index contributed by atoms with van der Waals surface area (Å²) in [5, 5.41) is 16.1. The molecule has 0 saturated carbocycles. The number of rotatable bonds is 15. The first-order valence-electron chi connectivity index (χ1n) is 41.3. The fourth-order valence-electron chi connectivity index (χ4n) is 9.44. The molecular weight excluding hydrogens is 1930 g/mol. The highest BCUT2D eigenvalue weighted by Gasteiger charge is 2.32. The van der Waals surface area contributed by atoms with E-state index in [-0.39, 0.29) is 77.3 Å². The van der Waals surface area contributed by atoms with E-state index in [0.717, 1.165) is 51.5 Å². The number of aromatic nitrogens is 12. The molecule has 0 fully saturated rings. The Hall–Kier alpha value is -11.7. The molecular formula is C94H121Cl9N22O11. The Morgan fingerprint density at radius 3 is 0.860 bits per heavy atom. The van der Waals surface area contributed by atoms with E-state index in [1.807, 2.05) is 173 Å². The van der Waals surface area contributed by atoms with Crippen molar-refractivity contribution in [3.8, 4) is 28.7 Å². The van der Waals surface area contributed by atoms with Crippen molar-refractivity contribution in [3.05, 3.63) is 207 Å². The lowest BCUT2D eigenvalue weighted by Crippen LogP contribution is -2.31. The third-order valence-corrected chi connectivity index (χ3v) is 20.7. The first kappa shape index (κ1) is 119. The summed E-state index contributed by atoms with van der Waals surface area (Å²) in [7, 11) is 13.8. The van der Waals surface area contributed by atoms with Crippen LogP contribution in [0.25, 0.3) is 0 Å². The molecule has 3 amide bonds. The Morgan fingerprint density at radius 1 is 0.301 bits per heavy atom. The van der Waals surface area contributed by atoms with E-state index < -0.39 is 39.0 Å². The minimum Gasteiger partial charge on any atom is -0.497 e. The molecule has 0 aliphatic rings. The second-order valence-corrected chi connectivity index (χ2v) is 37.6. The summed E-state index contributed by atoms with van der Waals surface area (Å²) in [6.07, 6.45) is 0. The topological polar surface area (TPSA) is 440 Å². The number of nitrogens with two attached hydrogens (primary N) is 3. The van der Waals surface area contributed by atoms with E-state index in [4.69, 9.17) is 150 Å². The molecule has 0 unspecified atom stereocenters. The zero-order valence-electron chi connectivity index (χ0n) is 81.9. The Labute approximate surface area is 841 Å². The van der Waals surface area contributed by atoms with E-state index in [1.165, 1.54) is 5.56 Å². The molecule has 0 bridgehead atoms. The van der Waals surface area contributed by atoms with Crippen LogP contribution in [0.3, 0.4) is 0 Å². The van der Waals surface area contributed by atoms with Gasteiger partial charge in [-0.2, -0.15) is 0 Å². The van der Waals surface area contributed by atoms with Crippen LogP contribution in [0.4, 0.5) is 75.1 Å². The first-order valence-corrected chi connectivity index (χ1v) is 44.7. The summed E-state index contributed by atoms with van der Waals surface area (Å²) in [5.74, 6) is 8.93. The highest BCUT2D eigenvalue weighted by Crippen LogP contribution is 2.38. The van der Waals surface area contributed by atoms with Crippen LogP contribution < -0.4 is 77.3 Å². The number of carbonyl (C=O) groups excluding carboxylic acids is 5. The van der Waals surface area contributed by atoms with Crippen molar-refractivity contribution in [1.29, 1.82) is 0 Å². The molecule has 0 saturated heterocycles. The minimum atomic E-state index is -0.624. The van der Waals surface area contributed by atoms with Crippen LogP contribution in [0, 0.1) is 75.5 Å². The standard InChI is InChI=1S/C18H23ClN4O2.C13H15ClN4O.C12H13ClN4O.2C10H13Cl2N3O.C10H18O3.C8H11NO.C8H10O.C5H5Cl2N3/c1-11-20-15(22-17(24)18(2,3)4)14(19)16(21-11)23(5)12-7-9-13(25-6)10-8-12;1-8-16-12(15)11(14)13(17-8)18(2)9-4-6-10(19-3)7-5-9;1-7-15-11(14)10(13)12(16-7)17-8-3-5-9(18-2)6-4-8;2*1-5-13-7(12)6(11)8(14-5)15-9(16)10(2,3)4;1-9(2,3)7(11)13-8(12)10(4,5)6;1-9-7-3-5-8(10-2)6-4-7;1-7-3-5-8(9-2)6-4-7;1-2-9-4(7)3(6)5(8)10-2/h7-10H,1-6H3,(H,20,21,22,24);4-7H,1-3H3,(H2,15,16,17);3-6H,1-2H3,(H3,14,15,16,17);2*1-4H3,(H,13,14,15,16);1-6H3;3-6,9H,1-2H3;3-6H,1-2H3;1H3,(H2,8,9,10). The average molecular weight is 2050 g/mol. The number of carbonyl (C=O) groups is 5. The Kier molecular flexibility index (Phi) is 47.3.